The highest BCUT2D eigenvalue weighted by atomic mass is 15.2. The van der Waals surface area contributed by atoms with Crippen molar-refractivity contribution in [1.29, 1.82) is 0 Å². The van der Waals surface area contributed by atoms with E-state index in [2.05, 4.69) is 51.6 Å². The molecule has 2 aromatic heterocycles. The van der Waals surface area contributed by atoms with Crippen molar-refractivity contribution in [3.8, 4) is 0 Å². The van der Waals surface area contributed by atoms with Gasteiger partial charge in [0.1, 0.15) is 5.82 Å². The summed E-state index contributed by atoms with van der Waals surface area (Å²) in [4.78, 5) is 15.9. The third-order valence-electron chi connectivity index (χ3n) is 6.35. The zero-order valence-electron chi connectivity index (χ0n) is 16.4. The van der Waals surface area contributed by atoms with Gasteiger partial charge in [-0.2, -0.15) is 0 Å². The van der Waals surface area contributed by atoms with Crippen LogP contribution >= 0.6 is 0 Å². The molecule has 2 N–H and O–H groups in total. The molecule has 0 bridgehead atoms. The fraction of sp³-hybridized carbons (Fsp3) is 0.478. The first-order valence-electron chi connectivity index (χ1n) is 10.7. The number of nitrogens with zero attached hydrogens (tertiary/aromatic N) is 3. The summed E-state index contributed by atoms with van der Waals surface area (Å²) in [5.74, 6) is 1.82. The minimum atomic E-state index is 0.396. The number of para-hydroxylation sites is 2. The number of benzene rings is 1. The number of nitrogens with one attached hydrogen (secondary N) is 2. The zero-order valence-corrected chi connectivity index (χ0v) is 16.4. The van der Waals surface area contributed by atoms with E-state index in [-0.39, 0.29) is 0 Å². The van der Waals surface area contributed by atoms with Crippen LogP contribution in [-0.4, -0.2) is 39.5 Å². The fourth-order valence-corrected chi connectivity index (χ4v) is 4.91. The van der Waals surface area contributed by atoms with Crippen LogP contribution in [0.25, 0.3) is 11.0 Å². The van der Waals surface area contributed by atoms with Gasteiger partial charge in [0.2, 0.25) is 0 Å². The number of rotatable bonds is 5. The Morgan fingerprint density at radius 1 is 1.04 bits per heavy atom. The van der Waals surface area contributed by atoms with E-state index in [1.54, 1.807) is 0 Å². The minimum absolute atomic E-state index is 0.396. The van der Waals surface area contributed by atoms with Crippen LogP contribution in [0, 0.1) is 5.92 Å². The van der Waals surface area contributed by atoms with Crippen molar-refractivity contribution in [3.05, 3.63) is 59.7 Å². The lowest BCUT2D eigenvalue weighted by Crippen LogP contribution is -2.39. The molecule has 2 aliphatic rings. The summed E-state index contributed by atoms with van der Waals surface area (Å²) in [6.45, 7) is 4.27. The number of fused-ring (bicyclic) bond motifs is 2. The predicted octanol–water partition coefficient (Wildman–Crippen LogP) is 3.84. The number of imidazole rings is 1. The van der Waals surface area contributed by atoms with Crippen LogP contribution in [0.1, 0.15) is 48.8 Å². The van der Waals surface area contributed by atoms with Crippen molar-refractivity contribution in [3.63, 3.8) is 0 Å². The molecule has 0 amide bonds. The van der Waals surface area contributed by atoms with Gasteiger partial charge in [-0.1, -0.05) is 18.2 Å². The van der Waals surface area contributed by atoms with E-state index in [1.807, 2.05) is 6.20 Å². The molecule has 1 aromatic carbocycles. The normalized spacial score (nSPS) is 20.5. The lowest BCUT2D eigenvalue weighted by Gasteiger charge is -2.37. The average molecular weight is 376 g/mol. The third kappa shape index (κ3) is 3.69. The summed E-state index contributed by atoms with van der Waals surface area (Å²) < 4.78 is 0. The number of aromatic amines is 1. The molecule has 1 saturated heterocycles. The number of pyridine rings is 1. The molecule has 1 aliphatic heterocycles. The second kappa shape index (κ2) is 8.02. The first kappa shape index (κ1) is 17.8. The second-order valence-corrected chi connectivity index (χ2v) is 8.28. The van der Waals surface area contributed by atoms with Gasteiger partial charge in [0.15, 0.2) is 0 Å². The summed E-state index contributed by atoms with van der Waals surface area (Å²) in [5, 5.41) is 3.50. The van der Waals surface area contributed by atoms with Gasteiger partial charge >= 0.3 is 0 Å². The van der Waals surface area contributed by atoms with Crippen LogP contribution in [0.4, 0.5) is 0 Å². The summed E-state index contributed by atoms with van der Waals surface area (Å²) >= 11 is 0. The Balaban J connectivity index is 1.44. The SMILES string of the molecule is c1cnc2c(c1)CCCC2N(Cc1nc2ccccc2[nH]1)CC1CCNCC1. The molecular formula is C23H29N5. The van der Waals surface area contributed by atoms with Crippen LogP contribution in [-0.2, 0) is 13.0 Å². The van der Waals surface area contributed by atoms with E-state index >= 15 is 0 Å². The molecule has 5 heteroatoms. The number of H-pyrrole nitrogens is 1. The van der Waals surface area contributed by atoms with Gasteiger partial charge < -0.3 is 10.3 Å². The summed E-state index contributed by atoms with van der Waals surface area (Å²) in [7, 11) is 0. The van der Waals surface area contributed by atoms with E-state index in [0.29, 0.717) is 6.04 Å². The van der Waals surface area contributed by atoms with Crippen LogP contribution in [0.2, 0.25) is 0 Å². The predicted molar refractivity (Wildman–Crippen MR) is 112 cm³/mol. The van der Waals surface area contributed by atoms with Crippen LogP contribution < -0.4 is 5.32 Å². The van der Waals surface area contributed by atoms with E-state index in [1.165, 1.54) is 36.9 Å². The quantitative estimate of drug-likeness (QED) is 0.711. The highest BCUT2D eigenvalue weighted by molar-refractivity contribution is 5.74. The molecule has 146 valence electrons. The Morgan fingerprint density at radius 3 is 2.82 bits per heavy atom. The molecule has 0 saturated carbocycles. The molecule has 1 fully saturated rings. The standard InChI is InChI=1S/C23H29N5/c1-2-8-20-19(7-1)26-22(27-20)16-28(15-17-10-13-24-14-11-17)21-9-3-5-18-6-4-12-25-23(18)21/h1-2,4,6-8,12,17,21,24H,3,5,9-11,13-16H2,(H,26,27). The van der Waals surface area contributed by atoms with Gasteiger partial charge in [-0.25, -0.2) is 4.98 Å². The number of aromatic nitrogens is 3. The summed E-state index contributed by atoms with van der Waals surface area (Å²) in [5.41, 5.74) is 4.90. The molecule has 5 nitrogen and oxygen atoms in total. The largest absolute Gasteiger partial charge is 0.341 e. The molecule has 0 spiro atoms. The van der Waals surface area contributed by atoms with Crippen molar-refractivity contribution in [2.45, 2.75) is 44.7 Å². The van der Waals surface area contributed by atoms with Crippen molar-refractivity contribution >= 4 is 11.0 Å². The number of piperidine rings is 1. The second-order valence-electron chi connectivity index (χ2n) is 8.28. The van der Waals surface area contributed by atoms with Crippen molar-refractivity contribution in [2.75, 3.05) is 19.6 Å². The van der Waals surface area contributed by atoms with Gasteiger partial charge in [-0.05, 0) is 74.9 Å². The molecule has 1 aliphatic carbocycles. The van der Waals surface area contributed by atoms with Gasteiger partial charge in [0.25, 0.3) is 0 Å². The maximum Gasteiger partial charge on any atom is 0.121 e. The summed E-state index contributed by atoms with van der Waals surface area (Å²) in [6, 6.07) is 13.1. The third-order valence-corrected chi connectivity index (χ3v) is 6.35. The van der Waals surface area contributed by atoms with Gasteiger partial charge in [-0.15, -0.1) is 0 Å². The Bertz CT molecular complexity index is 894. The van der Waals surface area contributed by atoms with Crippen LogP contribution in [0.3, 0.4) is 0 Å². The van der Waals surface area contributed by atoms with Crippen LogP contribution in [0.15, 0.2) is 42.6 Å². The molecule has 1 unspecified atom stereocenters. The lowest BCUT2D eigenvalue weighted by molar-refractivity contribution is 0.125. The van der Waals surface area contributed by atoms with Crippen LogP contribution in [0.5, 0.6) is 0 Å². The topological polar surface area (TPSA) is 56.8 Å². The monoisotopic (exact) mass is 375 g/mol. The Kier molecular flexibility index (Phi) is 5.10. The molecule has 5 rings (SSSR count). The van der Waals surface area contributed by atoms with E-state index < -0.39 is 0 Å². The number of hydrogen-bond donors (Lipinski definition) is 2. The minimum Gasteiger partial charge on any atom is -0.341 e. The molecular weight excluding hydrogens is 346 g/mol. The number of aryl methyl sites for hydroxylation is 1. The molecule has 0 radical (unpaired) electrons. The highest BCUT2D eigenvalue weighted by Gasteiger charge is 2.30. The maximum atomic E-state index is 4.87. The van der Waals surface area contributed by atoms with E-state index in [0.717, 1.165) is 55.4 Å². The fourth-order valence-electron chi connectivity index (χ4n) is 4.91. The molecule has 28 heavy (non-hydrogen) atoms. The Hall–Kier alpha value is -2.24. The van der Waals surface area contributed by atoms with Crippen molar-refractivity contribution in [1.82, 2.24) is 25.2 Å². The van der Waals surface area contributed by atoms with Gasteiger partial charge in [0.05, 0.1) is 29.3 Å². The van der Waals surface area contributed by atoms with E-state index in [4.69, 9.17) is 9.97 Å². The smallest absolute Gasteiger partial charge is 0.121 e. The first-order valence-corrected chi connectivity index (χ1v) is 10.7. The highest BCUT2D eigenvalue weighted by Crippen LogP contribution is 2.34. The zero-order chi connectivity index (χ0) is 18.8. The summed E-state index contributed by atoms with van der Waals surface area (Å²) in [6.07, 6.45) is 8.07. The lowest BCUT2D eigenvalue weighted by atomic mass is 9.89. The van der Waals surface area contributed by atoms with Gasteiger partial charge in [-0.3, -0.25) is 9.88 Å². The van der Waals surface area contributed by atoms with Crippen molar-refractivity contribution < 1.29 is 0 Å². The Labute approximate surface area is 166 Å². The molecule has 1 atom stereocenters. The van der Waals surface area contributed by atoms with E-state index in [9.17, 15) is 0 Å². The van der Waals surface area contributed by atoms with Crippen molar-refractivity contribution in [2.24, 2.45) is 5.92 Å². The molecule has 3 aromatic rings. The number of hydrogen-bond acceptors (Lipinski definition) is 4. The first-order chi connectivity index (χ1) is 13.9. The van der Waals surface area contributed by atoms with Gasteiger partial charge in [0, 0.05) is 12.7 Å². The maximum absolute atomic E-state index is 4.87. The molecule has 3 heterocycles. The Morgan fingerprint density at radius 2 is 1.93 bits per heavy atom. The average Bonchev–Trinajstić information content (AvgIpc) is 3.16.